The molecule has 4 rings (SSSR count). The van der Waals surface area contributed by atoms with E-state index in [1.54, 1.807) is 6.92 Å². The first kappa shape index (κ1) is 26.5. The number of H-pyrrole nitrogens is 1. The number of rotatable bonds is 9. The summed E-state index contributed by atoms with van der Waals surface area (Å²) < 4.78 is 29.9. The van der Waals surface area contributed by atoms with Gasteiger partial charge in [0.05, 0.1) is 6.10 Å². The van der Waals surface area contributed by atoms with Gasteiger partial charge < -0.3 is 23.4 Å². The van der Waals surface area contributed by atoms with Crippen molar-refractivity contribution >= 4 is 8.53 Å². The normalized spacial score (nSPS) is 32.9. The maximum absolute atomic E-state index is 12.8. The van der Waals surface area contributed by atoms with E-state index in [9.17, 15) is 9.59 Å². The third-order valence-corrected chi connectivity index (χ3v) is 9.43. The van der Waals surface area contributed by atoms with Crippen molar-refractivity contribution in [1.29, 1.82) is 0 Å². The Morgan fingerprint density at radius 3 is 2.69 bits per heavy atom. The lowest BCUT2D eigenvalue weighted by Gasteiger charge is -2.46. The molecule has 11 heteroatoms. The second-order valence-electron chi connectivity index (χ2n) is 10.3. The van der Waals surface area contributed by atoms with Gasteiger partial charge in [0.15, 0.2) is 6.23 Å². The average Bonchev–Trinajstić information content (AvgIpc) is 3.26. The largest absolute Gasteiger partial charge is 0.364 e. The molecule has 10 nitrogen and oxygen atoms in total. The first-order chi connectivity index (χ1) is 16.6. The zero-order valence-electron chi connectivity index (χ0n) is 21.4. The number of hydrogen-bond donors (Lipinski definition) is 1. The fourth-order valence-corrected chi connectivity index (χ4v) is 7.58. The maximum Gasteiger partial charge on any atom is 0.330 e. The molecule has 3 aliphatic rings. The van der Waals surface area contributed by atoms with Gasteiger partial charge in [-0.05, 0) is 53.4 Å². The minimum Gasteiger partial charge on any atom is -0.364 e. The Labute approximate surface area is 207 Å². The van der Waals surface area contributed by atoms with E-state index in [2.05, 4.69) is 49.1 Å². The van der Waals surface area contributed by atoms with Crippen LogP contribution in [0.25, 0.3) is 4.85 Å². The minimum absolute atomic E-state index is 0.135. The Morgan fingerprint density at radius 2 is 2.03 bits per heavy atom. The van der Waals surface area contributed by atoms with Gasteiger partial charge in [0, 0.05) is 23.8 Å². The molecule has 7 atom stereocenters. The second kappa shape index (κ2) is 10.4. The Bertz CT molecular complexity index is 1060. The minimum atomic E-state index is -1.52. The molecule has 1 N–H and O–H groups in total. The molecule has 2 saturated heterocycles. The fourth-order valence-electron chi connectivity index (χ4n) is 5.81. The number of hydrogen-bond acceptors (Lipinski definition) is 7. The summed E-state index contributed by atoms with van der Waals surface area (Å²) in [5, 5.41) is 0. The van der Waals surface area contributed by atoms with E-state index in [1.165, 1.54) is 10.8 Å². The summed E-state index contributed by atoms with van der Waals surface area (Å²) in [6, 6.07) is 0.319. The lowest BCUT2D eigenvalue weighted by Crippen LogP contribution is -2.55. The fraction of sp³-hybridized carbons (Fsp3) is 0.792. The maximum atomic E-state index is 12.8. The summed E-state index contributed by atoms with van der Waals surface area (Å²) in [4.78, 5) is 30.5. The first-order valence-electron chi connectivity index (χ1n) is 12.5. The topological polar surface area (TPSA) is 99.4 Å². The van der Waals surface area contributed by atoms with E-state index in [0.29, 0.717) is 5.56 Å². The molecule has 1 aromatic heterocycles. The Kier molecular flexibility index (Phi) is 7.87. The van der Waals surface area contributed by atoms with Gasteiger partial charge >= 0.3 is 5.69 Å². The zero-order chi connectivity index (χ0) is 25.5. The SMILES string of the molecule is [C-]#[N+]CCOP(O[C@@H]1[C@@H]2O[C@@H]3CCCC(C)C13O[C@H]2n1cc(C)c(=O)[nH]c1=O)N(C(C)C)C(C)C. The molecular weight excluding hydrogens is 471 g/mol. The van der Waals surface area contributed by atoms with Crippen LogP contribution in [-0.4, -0.2) is 63.4 Å². The van der Waals surface area contributed by atoms with Crippen LogP contribution in [0.4, 0.5) is 0 Å². The number of nitrogens with one attached hydrogen (secondary N) is 1. The van der Waals surface area contributed by atoms with Gasteiger partial charge in [-0.2, -0.15) is 0 Å². The summed E-state index contributed by atoms with van der Waals surface area (Å²) in [6.45, 7) is 19.9. The molecule has 3 unspecified atom stereocenters. The average molecular weight is 509 g/mol. The molecule has 0 radical (unpaired) electrons. The molecule has 1 aromatic rings. The molecule has 2 aliphatic heterocycles. The van der Waals surface area contributed by atoms with Crippen molar-refractivity contribution in [3.8, 4) is 0 Å². The lowest BCUT2D eigenvalue weighted by molar-refractivity contribution is -0.240. The molecule has 1 spiro atoms. The van der Waals surface area contributed by atoms with Gasteiger partial charge in [0.2, 0.25) is 6.54 Å². The summed E-state index contributed by atoms with van der Waals surface area (Å²) >= 11 is 0. The Morgan fingerprint density at radius 1 is 1.31 bits per heavy atom. The van der Waals surface area contributed by atoms with Crippen molar-refractivity contribution in [3.05, 3.63) is 44.0 Å². The van der Waals surface area contributed by atoms with Crippen molar-refractivity contribution in [2.75, 3.05) is 13.2 Å². The van der Waals surface area contributed by atoms with Gasteiger partial charge in [-0.15, -0.1) is 0 Å². The zero-order valence-corrected chi connectivity index (χ0v) is 22.3. The second-order valence-corrected chi connectivity index (χ2v) is 11.7. The van der Waals surface area contributed by atoms with Crippen LogP contribution in [0.1, 0.15) is 65.7 Å². The number of nitrogens with zero attached hydrogens (tertiary/aromatic N) is 3. The van der Waals surface area contributed by atoms with Crippen LogP contribution in [0.5, 0.6) is 0 Å². The van der Waals surface area contributed by atoms with E-state index in [0.717, 1.165) is 19.3 Å². The molecule has 0 amide bonds. The summed E-state index contributed by atoms with van der Waals surface area (Å²) in [7, 11) is -1.52. The lowest BCUT2D eigenvalue weighted by atomic mass is 9.73. The van der Waals surface area contributed by atoms with Crippen molar-refractivity contribution in [1.82, 2.24) is 14.2 Å². The highest BCUT2D eigenvalue weighted by molar-refractivity contribution is 7.44. The van der Waals surface area contributed by atoms with Crippen LogP contribution < -0.4 is 11.2 Å². The van der Waals surface area contributed by atoms with Crippen LogP contribution in [0.2, 0.25) is 0 Å². The molecular formula is C24H37N4O6P. The number of aryl methyl sites for hydroxylation is 1. The van der Waals surface area contributed by atoms with E-state index in [4.69, 9.17) is 25.1 Å². The van der Waals surface area contributed by atoms with Crippen LogP contribution in [0, 0.1) is 19.4 Å². The van der Waals surface area contributed by atoms with Crippen molar-refractivity contribution in [2.45, 2.75) is 103 Å². The third kappa shape index (κ3) is 4.63. The molecule has 35 heavy (non-hydrogen) atoms. The van der Waals surface area contributed by atoms with E-state index in [-0.39, 0.29) is 37.3 Å². The number of fused-ring (bicyclic) bond motifs is 1. The summed E-state index contributed by atoms with van der Waals surface area (Å²) in [5.41, 5.74) is -1.24. The third-order valence-electron chi connectivity index (χ3n) is 7.32. The van der Waals surface area contributed by atoms with Crippen LogP contribution in [0.15, 0.2) is 15.8 Å². The van der Waals surface area contributed by atoms with Gasteiger partial charge in [0.25, 0.3) is 14.1 Å². The molecule has 1 aliphatic carbocycles. The van der Waals surface area contributed by atoms with Crippen molar-refractivity contribution in [2.24, 2.45) is 5.92 Å². The number of ether oxygens (including phenoxy) is 2. The number of aromatic nitrogens is 2. The number of aromatic amines is 1. The Hall–Kier alpha value is -1.60. The van der Waals surface area contributed by atoms with Crippen LogP contribution in [-0.2, 0) is 18.5 Å². The molecule has 0 aromatic carbocycles. The molecule has 194 valence electrons. The van der Waals surface area contributed by atoms with Crippen molar-refractivity contribution < 1.29 is 18.5 Å². The predicted molar refractivity (Wildman–Crippen MR) is 132 cm³/mol. The Balaban J connectivity index is 1.73. The standard InChI is InChI=1S/C24H37N4O6P/c1-14(2)28(15(3)4)35(31-12-11-25-7)34-20-19-22(27-13-16(5)21(29)26-23(27)30)33-24(20)17(6)9-8-10-18(24)32-19/h13-15,17-20,22H,8-12H2,1-6H3,(H,26,29,30)/t17?,18-,19+,20-,22-,24?,35?/m1/s1. The molecule has 3 fully saturated rings. The van der Waals surface area contributed by atoms with Crippen molar-refractivity contribution in [3.63, 3.8) is 0 Å². The van der Waals surface area contributed by atoms with Crippen LogP contribution >= 0.6 is 8.53 Å². The molecule has 1 saturated carbocycles. The van der Waals surface area contributed by atoms with Gasteiger partial charge in [-0.1, -0.05) is 13.3 Å². The first-order valence-corrected chi connectivity index (χ1v) is 13.6. The highest BCUT2D eigenvalue weighted by Gasteiger charge is 2.71. The monoisotopic (exact) mass is 508 g/mol. The van der Waals surface area contributed by atoms with E-state index >= 15 is 0 Å². The highest BCUT2D eigenvalue weighted by Crippen LogP contribution is 2.61. The summed E-state index contributed by atoms with van der Waals surface area (Å²) in [6.07, 6.45) is 2.57. The van der Waals surface area contributed by atoms with Gasteiger partial charge in [0.1, 0.15) is 24.4 Å². The molecule has 2 bridgehead atoms. The quantitative estimate of drug-likeness (QED) is 0.310. The van der Waals surface area contributed by atoms with E-state index < -0.39 is 43.8 Å². The summed E-state index contributed by atoms with van der Waals surface area (Å²) in [5.74, 6) is 0.146. The smallest absolute Gasteiger partial charge is 0.330 e. The predicted octanol–water partition coefficient (Wildman–Crippen LogP) is 3.37. The highest BCUT2D eigenvalue weighted by atomic mass is 31.2. The van der Waals surface area contributed by atoms with Gasteiger partial charge in [-0.25, -0.2) is 16.0 Å². The van der Waals surface area contributed by atoms with E-state index in [1.807, 2.05) is 0 Å². The van der Waals surface area contributed by atoms with Crippen LogP contribution in [0.3, 0.4) is 0 Å². The molecule has 3 heterocycles. The van der Waals surface area contributed by atoms with Gasteiger partial charge in [-0.3, -0.25) is 14.3 Å².